The van der Waals surface area contributed by atoms with E-state index in [1.807, 2.05) is 0 Å². The van der Waals surface area contributed by atoms with E-state index in [0.29, 0.717) is 5.56 Å². The van der Waals surface area contributed by atoms with Crippen molar-refractivity contribution in [2.24, 2.45) is 0 Å². The van der Waals surface area contributed by atoms with Crippen LogP contribution >= 0.6 is 0 Å². The SMILES string of the molecule is CC(C)(C)OC(=O)CNS(=O)(=O)c1ccc(N2CCC(NC[C@H](O)c3ccc(O)c(NS(C)(=O)=O)c3)CC2)cc1. The van der Waals surface area contributed by atoms with E-state index in [9.17, 15) is 31.8 Å². The number of carbonyl (C=O) groups is 1. The lowest BCUT2D eigenvalue weighted by atomic mass is 10.0. The molecule has 12 nitrogen and oxygen atoms in total. The van der Waals surface area contributed by atoms with Crippen LogP contribution in [0.2, 0.25) is 0 Å². The van der Waals surface area contributed by atoms with Gasteiger partial charge in [-0.25, -0.2) is 16.8 Å². The number of phenolic OH excluding ortho intramolecular Hbond substituents is 1. The van der Waals surface area contributed by atoms with Crippen LogP contribution in [0.5, 0.6) is 5.75 Å². The van der Waals surface area contributed by atoms with Gasteiger partial charge in [-0.2, -0.15) is 4.72 Å². The Kier molecular flexibility index (Phi) is 10.1. The van der Waals surface area contributed by atoms with E-state index >= 15 is 0 Å². The minimum atomic E-state index is -3.87. The molecule has 5 N–H and O–H groups in total. The van der Waals surface area contributed by atoms with Gasteiger partial charge in [-0.05, 0) is 75.6 Å². The number of aliphatic hydroxyl groups excluding tert-OH is 1. The summed E-state index contributed by atoms with van der Waals surface area (Å²) < 4.78 is 57.7. The van der Waals surface area contributed by atoms with Crippen LogP contribution in [-0.4, -0.2) is 77.1 Å². The topological polar surface area (TPSA) is 174 Å². The monoisotopic (exact) mass is 598 g/mol. The van der Waals surface area contributed by atoms with Crippen LogP contribution in [0.3, 0.4) is 0 Å². The highest BCUT2D eigenvalue weighted by molar-refractivity contribution is 7.92. The third-order valence-electron chi connectivity index (χ3n) is 6.13. The third kappa shape index (κ3) is 9.63. The minimum Gasteiger partial charge on any atom is -0.506 e. The van der Waals surface area contributed by atoms with Gasteiger partial charge in [-0.3, -0.25) is 9.52 Å². The van der Waals surface area contributed by atoms with E-state index in [0.717, 1.165) is 37.9 Å². The molecule has 0 aromatic heterocycles. The molecule has 0 amide bonds. The summed E-state index contributed by atoms with van der Waals surface area (Å²) in [5.41, 5.74) is 0.636. The van der Waals surface area contributed by atoms with Crippen molar-refractivity contribution in [2.45, 2.75) is 56.3 Å². The van der Waals surface area contributed by atoms with Gasteiger partial charge in [0.15, 0.2) is 0 Å². The van der Waals surface area contributed by atoms with Crippen LogP contribution in [0.25, 0.3) is 0 Å². The summed E-state index contributed by atoms with van der Waals surface area (Å²) >= 11 is 0. The first kappa shape index (κ1) is 31.6. The number of phenols is 1. The Bertz CT molecular complexity index is 1380. The number of ether oxygens (including phenoxy) is 1. The Balaban J connectivity index is 1.49. The van der Waals surface area contributed by atoms with E-state index in [1.54, 1.807) is 32.9 Å². The first-order valence-corrected chi connectivity index (χ1v) is 16.2. The van der Waals surface area contributed by atoms with Crippen molar-refractivity contribution < 1.29 is 36.6 Å². The van der Waals surface area contributed by atoms with E-state index in [1.165, 1.54) is 30.3 Å². The number of benzene rings is 2. The standard InChI is InChI=1S/C26H38N4O8S2/c1-26(2,3)38-25(33)17-28-40(36,37)21-8-6-20(7-9-21)30-13-11-19(12-14-30)27-16-24(32)18-5-10-23(31)22(15-18)29-39(4,34)35/h5-10,15,19,24,27-29,31-32H,11-14,16-17H2,1-4H3/t24-/m0/s1. The van der Waals surface area contributed by atoms with E-state index in [2.05, 4.69) is 19.7 Å². The molecule has 1 fully saturated rings. The number of carbonyl (C=O) groups excluding carboxylic acids is 1. The Labute approximate surface area is 235 Å². The summed E-state index contributed by atoms with van der Waals surface area (Å²) in [7, 11) is -7.45. The van der Waals surface area contributed by atoms with Gasteiger partial charge in [0.05, 0.1) is 22.9 Å². The molecule has 0 bridgehead atoms. The number of anilines is 2. The molecule has 1 aliphatic heterocycles. The number of piperidine rings is 1. The van der Waals surface area contributed by atoms with Crippen LogP contribution < -0.4 is 19.7 Å². The van der Waals surface area contributed by atoms with E-state index in [4.69, 9.17) is 4.74 Å². The lowest BCUT2D eigenvalue weighted by molar-refractivity contribution is -0.153. The molecule has 1 heterocycles. The predicted octanol–water partition coefficient (Wildman–Crippen LogP) is 1.68. The number of hydrogen-bond acceptors (Lipinski definition) is 10. The van der Waals surface area contributed by atoms with E-state index < -0.39 is 44.3 Å². The average Bonchev–Trinajstić information content (AvgIpc) is 2.86. The predicted molar refractivity (Wildman–Crippen MR) is 152 cm³/mol. The molecule has 2 aromatic carbocycles. The lowest BCUT2D eigenvalue weighted by Gasteiger charge is -2.34. The van der Waals surface area contributed by atoms with E-state index in [-0.39, 0.29) is 28.9 Å². The fraction of sp³-hybridized carbons (Fsp3) is 0.500. The molecule has 1 saturated heterocycles. The zero-order valence-corrected chi connectivity index (χ0v) is 24.7. The van der Waals surface area contributed by atoms with Crippen LogP contribution in [0.1, 0.15) is 45.3 Å². The van der Waals surface area contributed by atoms with Crippen molar-refractivity contribution in [3.8, 4) is 5.75 Å². The van der Waals surface area contributed by atoms with Crippen LogP contribution in [0, 0.1) is 0 Å². The summed E-state index contributed by atoms with van der Waals surface area (Å²) in [6, 6.07) is 10.9. The summed E-state index contributed by atoms with van der Waals surface area (Å²) in [5, 5.41) is 23.8. The average molecular weight is 599 g/mol. The lowest BCUT2D eigenvalue weighted by Crippen LogP contribution is -2.43. The van der Waals surface area contributed by atoms with Gasteiger partial charge >= 0.3 is 5.97 Å². The first-order chi connectivity index (χ1) is 18.5. The zero-order chi connectivity index (χ0) is 29.7. The molecule has 0 aliphatic carbocycles. The Morgan fingerprint density at radius 1 is 1.07 bits per heavy atom. The summed E-state index contributed by atoms with van der Waals surface area (Å²) in [4.78, 5) is 14.0. The molecular weight excluding hydrogens is 560 g/mol. The minimum absolute atomic E-state index is 0.00463. The molecule has 0 radical (unpaired) electrons. The van der Waals surface area contributed by atoms with Crippen molar-refractivity contribution in [3.05, 3.63) is 48.0 Å². The third-order valence-corrected chi connectivity index (χ3v) is 8.14. The highest BCUT2D eigenvalue weighted by Gasteiger charge is 2.23. The van der Waals surface area contributed by atoms with Gasteiger partial charge in [0.1, 0.15) is 17.9 Å². The van der Waals surface area contributed by atoms with Crippen molar-refractivity contribution in [2.75, 3.05) is 42.1 Å². The van der Waals surface area contributed by atoms with Gasteiger partial charge in [-0.1, -0.05) is 6.07 Å². The van der Waals surface area contributed by atoms with Crippen LogP contribution in [0.4, 0.5) is 11.4 Å². The smallest absolute Gasteiger partial charge is 0.321 e. The van der Waals surface area contributed by atoms with Gasteiger partial charge < -0.3 is 25.2 Å². The van der Waals surface area contributed by atoms with Crippen LogP contribution in [-0.2, 0) is 29.6 Å². The second-order valence-corrected chi connectivity index (χ2v) is 14.3. The van der Waals surface area contributed by atoms with Crippen molar-refractivity contribution in [3.63, 3.8) is 0 Å². The van der Waals surface area contributed by atoms with Crippen molar-refractivity contribution >= 4 is 37.4 Å². The number of hydrogen-bond donors (Lipinski definition) is 5. The number of aliphatic hydroxyl groups is 1. The zero-order valence-electron chi connectivity index (χ0n) is 23.0. The number of aromatic hydroxyl groups is 1. The maximum atomic E-state index is 12.6. The van der Waals surface area contributed by atoms with Gasteiger partial charge in [0, 0.05) is 31.4 Å². The molecule has 2 aromatic rings. The highest BCUT2D eigenvalue weighted by Crippen LogP contribution is 2.28. The molecule has 0 spiro atoms. The normalized spacial score (nSPS) is 16.0. The van der Waals surface area contributed by atoms with Crippen molar-refractivity contribution in [1.82, 2.24) is 10.0 Å². The molecule has 0 saturated carbocycles. The second kappa shape index (κ2) is 12.7. The highest BCUT2D eigenvalue weighted by atomic mass is 32.2. The maximum absolute atomic E-state index is 12.6. The largest absolute Gasteiger partial charge is 0.506 e. The first-order valence-electron chi connectivity index (χ1n) is 12.8. The number of nitrogens with one attached hydrogen (secondary N) is 3. The molecule has 222 valence electrons. The number of rotatable bonds is 11. The number of nitrogens with zero attached hydrogens (tertiary/aromatic N) is 1. The molecule has 14 heteroatoms. The van der Waals surface area contributed by atoms with Gasteiger partial charge in [-0.15, -0.1) is 0 Å². The molecular formula is C26H38N4O8S2. The van der Waals surface area contributed by atoms with Crippen molar-refractivity contribution in [1.29, 1.82) is 0 Å². The molecule has 40 heavy (non-hydrogen) atoms. The maximum Gasteiger partial charge on any atom is 0.321 e. The molecule has 0 unspecified atom stereocenters. The summed E-state index contributed by atoms with van der Waals surface area (Å²) in [6.45, 7) is 6.35. The van der Waals surface area contributed by atoms with Gasteiger partial charge in [0.2, 0.25) is 20.0 Å². The fourth-order valence-electron chi connectivity index (χ4n) is 4.23. The van der Waals surface area contributed by atoms with Gasteiger partial charge in [0.25, 0.3) is 0 Å². The molecule has 1 aliphatic rings. The fourth-order valence-corrected chi connectivity index (χ4v) is 5.76. The Morgan fingerprint density at radius 2 is 1.70 bits per heavy atom. The molecule has 1 atom stereocenters. The summed E-state index contributed by atoms with van der Waals surface area (Å²) in [6.07, 6.45) is 1.66. The Hall–Kier alpha value is -2.91. The summed E-state index contributed by atoms with van der Waals surface area (Å²) in [5.74, 6) is -0.891. The quantitative estimate of drug-likeness (QED) is 0.189. The Morgan fingerprint density at radius 3 is 2.27 bits per heavy atom. The second-order valence-electron chi connectivity index (χ2n) is 10.7. The number of sulfonamides is 2. The van der Waals surface area contributed by atoms with Crippen LogP contribution in [0.15, 0.2) is 47.4 Å². The molecule has 3 rings (SSSR count). The number of esters is 1.